The van der Waals surface area contributed by atoms with Gasteiger partial charge in [-0.25, -0.2) is 9.50 Å². The van der Waals surface area contributed by atoms with E-state index in [1.807, 2.05) is 0 Å². The van der Waals surface area contributed by atoms with Crippen LogP contribution in [0.2, 0.25) is 0 Å². The number of imidazole rings is 1. The zero-order valence-electron chi connectivity index (χ0n) is 5.10. The van der Waals surface area contributed by atoms with Crippen molar-refractivity contribution in [1.29, 1.82) is 0 Å². The van der Waals surface area contributed by atoms with Crippen molar-refractivity contribution in [2.45, 2.75) is 0 Å². The summed E-state index contributed by atoms with van der Waals surface area (Å²) in [6, 6.07) is 0. The van der Waals surface area contributed by atoms with Crippen LogP contribution in [-0.4, -0.2) is 19.3 Å². The molecule has 10 heavy (non-hydrogen) atoms. The van der Waals surface area contributed by atoms with E-state index in [4.69, 9.17) is 11.6 Å². The molecule has 0 amide bonds. The highest BCUT2D eigenvalue weighted by Crippen LogP contribution is 1.99. The molecule has 2 rings (SSSR count). The summed E-state index contributed by atoms with van der Waals surface area (Å²) in [6.45, 7) is 0. The first-order valence-corrected chi connectivity index (χ1v) is 2.71. The predicted octanol–water partition coefficient (Wildman–Crippen LogP) is -1.17. The van der Waals surface area contributed by atoms with E-state index in [-0.39, 0.29) is 5.95 Å². The Bertz CT molecular complexity index is 357. The Morgan fingerprint density at radius 2 is 2.30 bits per heavy atom. The largest absolute Gasteiger partial charge is 0.367 e. The highest BCUT2D eigenvalue weighted by atomic mass is 15.6. The van der Waals surface area contributed by atoms with Gasteiger partial charge < -0.3 is 11.6 Å². The van der Waals surface area contributed by atoms with E-state index in [2.05, 4.69) is 9.97 Å². The van der Waals surface area contributed by atoms with Gasteiger partial charge in [0.1, 0.15) is 0 Å². The molecule has 6 heteroatoms. The molecule has 2 heterocycles. The average Bonchev–Trinajstić information content (AvgIpc) is 2.41. The monoisotopic (exact) mass is 138 g/mol. The van der Waals surface area contributed by atoms with Gasteiger partial charge in [-0.3, -0.25) is 0 Å². The Hall–Kier alpha value is -1.72. The summed E-state index contributed by atoms with van der Waals surface area (Å²) in [4.78, 5) is 8.94. The SMILES string of the molecule is Nc1nc2nccn2n1N. The number of nitrogens with two attached hydrogens (primary N) is 2. The third-order valence-corrected chi connectivity index (χ3v) is 1.28. The number of hydrogen-bond acceptors (Lipinski definition) is 4. The van der Waals surface area contributed by atoms with Crippen molar-refractivity contribution in [3.05, 3.63) is 12.4 Å². The molecular weight excluding hydrogens is 132 g/mol. The molecule has 0 fully saturated rings. The number of nitrogens with zero attached hydrogens (tertiary/aromatic N) is 4. The van der Waals surface area contributed by atoms with Gasteiger partial charge in [-0.15, -0.1) is 0 Å². The van der Waals surface area contributed by atoms with Crippen LogP contribution in [0.4, 0.5) is 5.95 Å². The lowest BCUT2D eigenvalue weighted by Crippen LogP contribution is -2.16. The normalized spacial score (nSPS) is 10.8. The molecule has 0 aliphatic heterocycles. The van der Waals surface area contributed by atoms with Gasteiger partial charge in [-0.05, 0) is 0 Å². The zero-order chi connectivity index (χ0) is 7.14. The van der Waals surface area contributed by atoms with Gasteiger partial charge in [-0.1, -0.05) is 0 Å². The second-order valence-electron chi connectivity index (χ2n) is 1.89. The van der Waals surface area contributed by atoms with Gasteiger partial charge in [0.05, 0.1) is 6.20 Å². The van der Waals surface area contributed by atoms with E-state index in [1.165, 1.54) is 4.79 Å². The van der Waals surface area contributed by atoms with Crippen molar-refractivity contribution < 1.29 is 0 Å². The minimum absolute atomic E-state index is 0.253. The maximum absolute atomic E-state index is 5.43. The topological polar surface area (TPSA) is 87.2 Å². The van der Waals surface area contributed by atoms with E-state index < -0.39 is 0 Å². The van der Waals surface area contributed by atoms with Crippen LogP contribution in [0.15, 0.2) is 12.4 Å². The Kier molecular flexibility index (Phi) is 0.717. The van der Waals surface area contributed by atoms with Crippen molar-refractivity contribution in [3.8, 4) is 0 Å². The lowest BCUT2D eigenvalue weighted by atomic mass is 11.0. The summed E-state index contributed by atoms with van der Waals surface area (Å²) in [6.07, 6.45) is 3.28. The summed E-state index contributed by atoms with van der Waals surface area (Å²) in [5, 5.41) is 0. The van der Waals surface area contributed by atoms with Crippen LogP contribution in [-0.2, 0) is 0 Å². The van der Waals surface area contributed by atoms with Crippen LogP contribution in [0, 0.1) is 0 Å². The van der Waals surface area contributed by atoms with E-state index in [0.29, 0.717) is 5.78 Å². The highest BCUT2D eigenvalue weighted by molar-refractivity contribution is 5.34. The highest BCUT2D eigenvalue weighted by Gasteiger charge is 2.02. The Morgan fingerprint density at radius 3 is 3.00 bits per heavy atom. The van der Waals surface area contributed by atoms with Gasteiger partial charge in [-0.2, -0.15) is 9.77 Å². The molecule has 52 valence electrons. The predicted molar refractivity (Wildman–Crippen MR) is 35.5 cm³/mol. The number of fused-ring (bicyclic) bond motifs is 1. The Morgan fingerprint density at radius 1 is 1.50 bits per heavy atom. The minimum Gasteiger partial charge on any atom is -0.367 e. The molecule has 2 aromatic heterocycles. The van der Waals surface area contributed by atoms with Crippen LogP contribution in [0.25, 0.3) is 5.78 Å². The van der Waals surface area contributed by atoms with Crippen LogP contribution in [0.5, 0.6) is 0 Å². The molecule has 2 aromatic rings. The maximum Gasteiger partial charge on any atom is 0.253 e. The quantitative estimate of drug-likeness (QED) is 0.449. The molecule has 0 radical (unpaired) electrons. The van der Waals surface area contributed by atoms with E-state index in [9.17, 15) is 0 Å². The molecule has 0 unspecified atom stereocenters. The molecule has 0 spiro atoms. The van der Waals surface area contributed by atoms with Crippen molar-refractivity contribution in [2.24, 2.45) is 0 Å². The smallest absolute Gasteiger partial charge is 0.253 e. The molecular formula is C4H6N6. The molecule has 0 bridgehead atoms. The van der Waals surface area contributed by atoms with Gasteiger partial charge in [0.25, 0.3) is 5.78 Å². The minimum atomic E-state index is 0.253. The maximum atomic E-state index is 5.43. The van der Waals surface area contributed by atoms with Gasteiger partial charge in [0.2, 0.25) is 5.95 Å². The van der Waals surface area contributed by atoms with Crippen LogP contribution in [0.1, 0.15) is 0 Å². The van der Waals surface area contributed by atoms with Crippen LogP contribution >= 0.6 is 0 Å². The number of hydrogen-bond donors (Lipinski definition) is 2. The fourth-order valence-electron chi connectivity index (χ4n) is 0.801. The first-order chi connectivity index (χ1) is 4.79. The van der Waals surface area contributed by atoms with Gasteiger partial charge in [0, 0.05) is 6.20 Å². The summed E-state index contributed by atoms with van der Waals surface area (Å²) >= 11 is 0. The Balaban J connectivity index is 2.95. The Labute approximate surface area is 56.0 Å². The summed E-state index contributed by atoms with van der Waals surface area (Å²) in [5.41, 5.74) is 5.36. The molecule has 0 aliphatic rings. The van der Waals surface area contributed by atoms with Gasteiger partial charge in [0.15, 0.2) is 0 Å². The second kappa shape index (κ2) is 1.41. The molecule has 0 saturated carbocycles. The van der Waals surface area contributed by atoms with Crippen molar-refractivity contribution >= 4 is 11.7 Å². The lowest BCUT2D eigenvalue weighted by molar-refractivity contribution is 0.772. The van der Waals surface area contributed by atoms with Crippen molar-refractivity contribution in [2.75, 3.05) is 11.6 Å². The number of rotatable bonds is 0. The molecule has 0 aliphatic carbocycles. The second-order valence-corrected chi connectivity index (χ2v) is 1.89. The number of anilines is 1. The summed E-state index contributed by atoms with van der Waals surface area (Å²) in [5.74, 6) is 6.20. The van der Waals surface area contributed by atoms with E-state index >= 15 is 0 Å². The fraction of sp³-hybridized carbons (Fsp3) is 0. The first kappa shape index (κ1) is 5.10. The molecule has 6 nitrogen and oxygen atoms in total. The van der Waals surface area contributed by atoms with Gasteiger partial charge >= 0.3 is 0 Å². The van der Waals surface area contributed by atoms with E-state index in [0.717, 1.165) is 0 Å². The molecule has 0 saturated heterocycles. The number of nitrogen functional groups attached to an aromatic ring is 2. The molecule has 0 atom stereocenters. The number of aromatic nitrogens is 4. The van der Waals surface area contributed by atoms with E-state index in [1.54, 1.807) is 16.9 Å². The summed E-state index contributed by atoms with van der Waals surface area (Å²) in [7, 11) is 0. The van der Waals surface area contributed by atoms with Crippen LogP contribution < -0.4 is 11.6 Å². The van der Waals surface area contributed by atoms with Crippen molar-refractivity contribution in [1.82, 2.24) is 19.3 Å². The third kappa shape index (κ3) is 0.426. The first-order valence-electron chi connectivity index (χ1n) is 2.71. The van der Waals surface area contributed by atoms with Crippen LogP contribution in [0.3, 0.4) is 0 Å². The molecule has 0 aromatic carbocycles. The van der Waals surface area contributed by atoms with Crippen molar-refractivity contribution in [3.63, 3.8) is 0 Å². The zero-order valence-corrected chi connectivity index (χ0v) is 5.10. The lowest BCUT2D eigenvalue weighted by Gasteiger charge is -1.92. The third-order valence-electron chi connectivity index (χ3n) is 1.28. The molecule has 4 N–H and O–H groups in total. The fourth-order valence-corrected chi connectivity index (χ4v) is 0.801. The standard InChI is InChI=1S/C4H6N6/c5-3-8-4-7-1-2-9(4)10(3)6/h1-2H,6H2,(H2,5,7,8). The average molecular weight is 138 g/mol. The summed E-state index contributed by atoms with van der Waals surface area (Å²) < 4.78 is 1.55.